The second kappa shape index (κ2) is 9.51. The van der Waals surface area contributed by atoms with Crippen LogP contribution < -0.4 is 12.4 Å². The largest absolute Gasteiger partial charge is 1.00 e. The SMILES string of the molecule is C=CC[N+](Cc1ccccc1)(C(C)(O)OCC)C(C)(O)OCC.[Cl-]. The average molecular weight is 360 g/mol. The first kappa shape index (κ1) is 23.1. The number of ether oxygens (including phenoxy) is 2. The molecule has 0 amide bonds. The van der Waals surface area contributed by atoms with Crippen molar-refractivity contribution in [2.75, 3.05) is 19.8 Å². The summed E-state index contributed by atoms with van der Waals surface area (Å²) in [6, 6.07) is 9.65. The van der Waals surface area contributed by atoms with Crippen LogP contribution in [0.2, 0.25) is 0 Å². The van der Waals surface area contributed by atoms with Crippen LogP contribution >= 0.6 is 0 Å². The molecule has 5 nitrogen and oxygen atoms in total. The number of hydrogen-bond donors (Lipinski definition) is 2. The quantitative estimate of drug-likeness (QED) is 0.339. The Morgan fingerprint density at radius 2 is 1.50 bits per heavy atom. The molecular weight excluding hydrogens is 330 g/mol. The monoisotopic (exact) mass is 359 g/mol. The van der Waals surface area contributed by atoms with E-state index in [1.165, 1.54) is 0 Å². The average Bonchev–Trinajstić information content (AvgIpc) is 2.47. The van der Waals surface area contributed by atoms with E-state index in [2.05, 4.69) is 6.58 Å². The van der Waals surface area contributed by atoms with Gasteiger partial charge >= 0.3 is 11.8 Å². The topological polar surface area (TPSA) is 58.9 Å². The second-order valence-electron chi connectivity index (χ2n) is 5.82. The fourth-order valence-electron chi connectivity index (χ4n) is 2.99. The maximum Gasteiger partial charge on any atom is 0.318 e. The van der Waals surface area contributed by atoms with Gasteiger partial charge in [-0.2, -0.15) is 0 Å². The third-order valence-corrected chi connectivity index (χ3v) is 4.16. The number of rotatable bonds is 10. The first-order chi connectivity index (χ1) is 10.8. The van der Waals surface area contributed by atoms with Crippen molar-refractivity contribution >= 4 is 0 Å². The first-order valence-electron chi connectivity index (χ1n) is 8.01. The molecule has 0 saturated carbocycles. The van der Waals surface area contributed by atoms with E-state index in [0.717, 1.165) is 5.56 Å². The summed E-state index contributed by atoms with van der Waals surface area (Å²) in [5.74, 6) is -3.31. The molecule has 0 aliphatic heterocycles. The number of quaternary nitrogens is 1. The van der Waals surface area contributed by atoms with E-state index in [1.54, 1.807) is 33.8 Å². The van der Waals surface area contributed by atoms with Gasteiger partial charge in [0.15, 0.2) is 0 Å². The highest BCUT2D eigenvalue weighted by Crippen LogP contribution is 2.37. The van der Waals surface area contributed by atoms with E-state index in [9.17, 15) is 10.2 Å². The summed E-state index contributed by atoms with van der Waals surface area (Å²) in [6.45, 7) is 11.7. The number of aliphatic hydroxyl groups is 2. The minimum Gasteiger partial charge on any atom is -1.00 e. The molecule has 2 N–H and O–H groups in total. The van der Waals surface area contributed by atoms with Crippen LogP contribution in [-0.2, 0) is 16.0 Å². The van der Waals surface area contributed by atoms with E-state index in [-0.39, 0.29) is 23.4 Å². The molecular formula is C18H30ClNO4. The third kappa shape index (κ3) is 4.79. The Labute approximate surface area is 151 Å². The molecule has 24 heavy (non-hydrogen) atoms. The van der Waals surface area contributed by atoms with Crippen LogP contribution in [0.4, 0.5) is 0 Å². The van der Waals surface area contributed by atoms with E-state index >= 15 is 0 Å². The lowest BCUT2D eigenvalue weighted by Gasteiger charge is -2.53. The Morgan fingerprint density at radius 1 is 1.04 bits per heavy atom. The van der Waals surface area contributed by atoms with Gasteiger partial charge in [-0.05, 0) is 19.9 Å². The summed E-state index contributed by atoms with van der Waals surface area (Å²) < 4.78 is 10.9. The van der Waals surface area contributed by atoms with Gasteiger partial charge in [0.2, 0.25) is 0 Å². The smallest absolute Gasteiger partial charge is 0.318 e. The molecule has 0 saturated heterocycles. The fourth-order valence-corrected chi connectivity index (χ4v) is 2.99. The fraction of sp³-hybridized carbons (Fsp3) is 0.556. The molecule has 0 aromatic heterocycles. The molecule has 6 heteroatoms. The summed E-state index contributed by atoms with van der Waals surface area (Å²) in [4.78, 5) is 0. The lowest BCUT2D eigenvalue weighted by Crippen LogP contribution is -3.00. The zero-order valence-corrected chi connectivity index (χ0v) is 15.8. The van der Waals surface area contributed by atoms with Gasteiger partial charge in [0, 0.05) is 19.4 Å². The van der Waals surface area contributed by atoms with Gasteiger partial charge in [-0.3, -0.25) is 0 Å². The van der Waals surface area contributed by atoms with Gasteiger partial charge in [0.25, 0.3) is 0 Å². The van der Waals surface area contributed by atoms with E-state index in [1.807, 2.05) is 30.3 Å². The highest BCUT2D eigenvalue weighted by molar-refractivity contribution is 5.13. The lowest BCUT2D eigenvalue weighted by molar-refractivity contribution is -1.10. The van der Waals surface area contributed by atoms with Gasteiger partial charge in [0.05, 0.1) is 13.2 Å². The van der Waals surface area contributed by atoms with Crippen LogP contribution in [0.1, 0.15) is 33.3 Å². The van der Waals surface area contributed by atoms with Gasteiger partial charge in [-0.1, -0.05) is 36.9 Å². The summed E-state index contributed by atoms with van der Waals surface area (Å²) in [5, 5.41) is 22.1. The Bertz CT molecular complexity index is 473. The normalized spacial score (nSPS) is 18.6. The maximum atomic E-state index is 11.0. The summed E-state index contributed by atoms with van der Waals surface area (Å²) in [7, 11) is 0. The molecule has 0 radical (unpaired) electrons. The van der Waals surface area contributed by atoms with Crippen molar-refractivity contribution in [1.29, 1.82) is 0 Å². The standard InChI is InChI=1S/C18H30NO4.ClH/c1-6-14-19(17(4,20)22-7-2,18(5,21)23-8-3)15-16-12-10-9-11-13-16;/h6,9-13,20-21H,1,7-8,14-15H2,2-5H3;1H/q+1;/p-1. The summed E-state index contributed by atoms with van der Waals surface area (Å²) >= 11 is 0. The Hall–Kier alpha value is -0.950. The van der Waals surface area contributed by atoms with Crippen molar-refractivity contribution in [3.8, 4) is 0 Å². The molecule has 1 aromatic rings. The van der Waals surface area contributed by atoms with E-state index in [4.69, 9.17) is 9.47 Å². The molecule has 0 fully saturated rings. The zero-order valence-electron chi connectivity index (χ0n) is 15.0. The predicted molar refractivity (Wildman–Crippen MR) is 90.0 cm³/mol. The van der Waals surface area contributed by atoms with Crippen molar-refractivity contribution in [2.24, 2.45) is 0 Å². The van der Waals surface area contributed by atoms with Crippen molar-refractivity contribution in [3.05, 3.63) is 48.6 Å². The third-order valence-electron chi connectivity index (χ3n) is 4.16. The number of nitrogens with zero attached hydrogens (tertiary/aromatic N) is 1. The van der Waals surface area contributed by atoms with Gasteiger partial charge in [0.1, 0.15) is 13.1 Å². The number of hydrogen-bond acceptors (Lipinski definition) is 4. The van der Waals surface area contributed by atoms with Crippen LogP contribution in [0.15, 0.2) is 43.0 Å². The Kier molecular flexibility index (Phi) is 9.14. The summed E-state index contributed by atoms with van der Waals surface area (Å²) in [6.07, 6.45) is 1.66. The molecule has 0 aliphatic rings. The molecule has 2 atom stereocenters. The van der Waals surface area contributed by atoms with Gasteiger partial charge in [-0.25, -0.2) is 4.48 Å². The Balaban J connectivity index is 0.00000529. The van der Waals surface area contributed by atoms with Crippen molar-refractivity contribution < 1.29 is 36.6 Å². The summed E-state index contributed by atoms with van der Waals surface area (Å²) in [5.41, 5.74) is 0.953. The van der Waals surface area contributed by atoms with Crippen LogP contribution in [-0.4, -0.2) is 46.3 Å². The van der Waals surface area contributed by atoms with Crippen LogP contribution in [0, 0.1) is 0 Å². The minimum atomic E-state index is -1.66. The van der Waals surface area contributed by atoms with Crippen molar-refractivity contribution in [2.45, 2.75) is 46.1 Å². The molecule has 1 rings (SSSR count). The predicted octanol–water partition coefficient (Wildman–Crippen LogP) is -0.402. The maximum absolute atomic E-state index is 11.0. The molecule has 0 bridgehead atoms. The molecule has 0 heterocycles. The van der Waals surface area contributed by atoms with E-state index in [0.29, 0.717) is 19.8 Å². The van der Waals surface area contributed by atoms with Gasteiger partial charge < -0.3 is 32.1 Å². The molecule has 0 spiro atoms. The highest BCUT2D eigenvalue weighted by atomic mass is 35.5. The zero-order chi connectivity index (χ0) is 17.6. The van der Waals surface area contributed by atoms with Crippen LogP contribution in [0.5, 0.6) is 0 Å². The highest BCUT2D eigenvalue weighted by Gasteiger charge is 2.59. The molecule has 0 aliphatic carbocycles. The molecule has 2 unspecified atom stereocenters. The number of halogens is 1. The Morgan fingerprint density at radius 3 is 1.88 bits per heavy atom. The first-order valence-corrected chi connectivity index (χ1v) is 8.01. The van der Waals surface area contributed by atoms with Crippen molar-refractivity contribution in [1.82, 2.24) is 0 Å². The molecule has 138 valence electrons. The second-order valence-corrected chi connectivity index (χ2v) is 5.82. The lowest BCUT2D eigenvalue weighted by atomic mass is 10.1. The van der Waals surface area contributed by atoms with Crippen molar-refractivity contribution in [3.63, 3.8) is 0 Å². The minimum absolute atomic E-state index is 0. The molecule has 1 aromatic carbocycles. The van der Waals surface area contributed by atoms with Crippen LogP contribution in [0.25, 0.3) is 0 Å². The van der Waals surface area contributed by atoms with Crippen LogP contribution in [0.3, 0.4) is 0 Å². The number of benzene rings is 1. The van der Waals surface area contributed by atoms with Gasteiger partial charge in [-0.15, -0.1) is 0 Å². The van der Waals surface area contributed by atoms with E-state index < -0.39 is 11.8 Å².